The zero-order valence-electron chi connectivity index (χ0n) is 10.7. The van der Waals surface area contributed by atoms with E-state index in [1.54, 1.807) is 0 Å². The van der Waals surface area contributed by atoms with Crippen LogP contribution in [0.2, 0.25) is 0 Å². The van der Waals surface area contributed by atoms with E-state index < -0.39 is 0 Å². The normalized spacial score (nSPS) is 17.1. The molecular weight excluding hydrogens is 309 g/mol. The summed E-state index contributed by atoms with van der Waals surface area (Å²) in [5.41, 5.74) is 6.71. The summed E-state index contributed by atoms with van der Waals surface area (Å²) in [7, 11) is 2.13. The summed E-state index contributed by atoms with van der Waals surface area (Å²) in [5, 5.41) is 0. The Morgan fingerprint density at radius 1 is 1.12 bits per heavy atom. The van der Waals surface area contributed by atoms with E-state index in [2.05, 4.69) is 58.4 Å². The van der Waals surface area contributed by atoms with Crippen molar-refractivity contribution in [2.45, 2.75) is 33.2 Å². The largest absolute Gasteiger partial charge is 0.365 e. The highest BCUT2D eigenvalue weighted by Gasteiger charge is 2.38. The molecule has 0 spiro atoms. The number of aryl methyl sites for hydroxylation is 2. The highest BCUT2D eigenvalue weighted by atomic mass is 127. The third kappa shape index (κ3) is 1.58. The summed E-state index contributed by atoms with van der Waals surface area (Å²) < 4.78 is 0. The van der Waals surface area contributed by atoms with Crippen molar-refractivity contribution < 1.29 is 0 Å². The second kappa shape index (κ2) is 4.06. The molecule has 0 fully saturated rings. The highest BCUT2D eigenvalue weighted by Crippen LogP contribution is 2.46. The Kier molecular flexibility index (Phi) is 3.44. The minimum absolute atomic E-state index is 0. The number of halogens is 1. The van der Waals surface area contributed by atoms with Gasteiger partial charge in [0.1, 0.15) is 0 Å². The minimum Gasteiger partial charge on any atom is -0.365 e. The van der Waals surface area contributed by atoms with Crippen LogP contribution in [0.4, 0.5) is 0 Å². The van der Waals surface area contributed by atoms with Crippen LogP contribution in [0.5, 0.6) is 0 Å². The maximum absolute atomic E-state index is 4.20. The quantitative estimate of drug-likeness (QED) is 0.649. The van der Waals surface area contributed by atoms with Gasteiger partial charge in [0.2, 0.25) is 0 Å². The van der Waals surface area contributed by atoms with E-state index in [9.17, 15) is 0 Å². The molecular formula is C14H20IN. The van der Waals surface area contributed by atoms with Crippen molar-refractivity contribution in [3.05, 3.63) is 41.0 Å². The molecule has 0 saturated carbocycles. The van der Waals surface area contributed by atoms with Crippen molar-refractivity contribution in [1.29, 1.82) is 0 Å². The zero-order valence-corrected chi connectivity index (χ0v) is 13.0. The zero-order chi connectivity index (χ0) is 11.4. The Labute approximate surface area is 116 Å². The predicted molar refractivity (Wildman–Crippen MR) is 81.2 cm³/mol. The van der Waals surface area contributed by atoms with Gasteiger partial charge in [0.15, 0.2) is 0 Å². The standard InChI is InChI=1S/C14H19N.HI/c1-9-7-8-10(2)13-12(9)11(3)15(6)14(13,4)5;/h7-8H,3H2,1-2,4-6H3;1H. The number of hydrogen-bond donors (Lipinski definition) is 0. The summed E-state index contributed by atoms with van der Waals surface area (Å²) in [6, 6.07) is 4.40. The summed E-state index contributed by atoms with van der Waals surface area (Å²) in [4.78, 5) is 2.28. The van der Waals surface area contributed by atoms with Crippen molar-refractivity contribution in [1.82, 2.24) is 4.90 Å². The molecule has 0 aromatic heterocycles. The molecule has 0 amide bonds. The first-order valence-corrected chi connectivity index (χ1v) is 5.41. The Balaban J connectivity index is 0.00000128. The summed E-state index contributed by atoms with van der Waals surface area (Å²) in [6.07, 6.45) is 0. The lowest BCUT2D eigenvalue weighted by Crippen LogP contribution is -2.31. The van der Waals surface area contributed by atoms with Gasteiger partial charge in [-0.3, -0.25) is 0 Å². The molecule has 0 N–H and O–H groups in total. The molecule has 16 heavy (non-hydrogen) atoms. The van der Waals surface area contributed by atoms with Crippen molar-refractivity contribution in [3.63, 3.8) is 0 Å². The monoisotopic (exact) mass is 329 g/mol. The molecule has 2 rings (SSSR count). The SMILES string of the molecule is C=C1c2c(C)ccc(C)c2C(C)(C)N1C.I. The molecule has 1 aliphatic rings. The maximum atomic E-state index is 4.20. The number of benzene rings is 1. The van der Waals surface area contributed by atoms with Gasteiger partial charge in [-0.15, -0.1) is 24.0 Å². The average Bonchev–Trinajstić information content (AvgIpc) is 2.34. The molecule has 88 valence electrons. The fraction of sp³-hybridized carbons (Fsp3) is 0.429. The van der Waals surface area contributed by atoms with Gasteiger partial charge >= 0.3 is 0 Å². The van der Waals surface area contributed by atoms with Crippen molar-refractivity contribution in [3.8, 4) is 0 Å². The molecule has 0 aliphatic carbocycles. The first kappa shape index (κ1) is 13.6. The first-order chi connectivity index (χ1) is 6.87. The molecule has 1 aliphatic heterocycles. The molecule has 0 bridgehead atoms. The van der Waals surface area contributed by atoms with Crippen LogP contribution >= 0.6 is 24.0 Å². The molecule has 0 radical (unpaired) electrons. The van der Waals surface area contributed by atoms with Crippen LogP contribution in [-0.2, 0) is 5.54 Å². The van der Waals surface area contributed by atoms with Gasteiger partial charge in [-0.05, 0) is 44.4 Å². The summed E-state index contributed by atoms with van der Waals surface area (Å²) in [5.74, 6) is 0. The predicted octanol–water partition coefficient (Wildman–Crippen LogP) is 4.07. The van der Waals surface area contributed by atoms with E-state index in [0.717, 1.165) is 5.70 Å². The summed E-state index contributed by atoms with van der Waals surface area (Å²) in [6.45, 7) is 13.1. The van der Waals surface area contributed by atoms with Crippen molar-refractivity contribution >= 4 is 29.7 Å². The fourth-order valence-electron chi connectivity index (χ4n) is 2.64. The number of nitrogens with zero attached hydrogens (tertiary/aromatic N) is 1. The van der Waals surface area contributed by atoms with E-state index in [4.69, 9.17) is 0 Å². The lowest BCUT2D eigenvalue weighted by atomic mass is 9.88. The first-order valence-electron chi connectivity index (χ1n) is 5.41. The van der Waals surface area contributed by atoms with Crippen LogP contribution in [0.15, 0.2) is 18.7 Å². The van der Waals surface area contributed by atoms with E-state index in [1.807, 2.05) is 0 Å². The van der Waals surface area contributed by atoms with Gasteiger partial charge in [-0.2, -0.15) is 0 Å². The van der Waals surface area contributed by atoms with Crippen LogP contribution in [0.3, 0.4) is 0 Å². The molecule has 1 heterocycles. The van der Waals surface area contributed by atoms with Crippen molar-refractivity contribution in [2.24, 2.45) is 0 Å². The number of rotatable bonds is 0. The number of hydrogen-bond acceptors (Lipinski definition) is 1. The van der Waals surface area contributed by atoms with Crippen LogP contribution in [-0.4, -0.2) is 11.9 Å². The van der Waals surface area contributed by atoms with Gasteiger partial charge in [0.25, 0.3) is 0 Å². The molecule has 0 unspecified atom stereocenters. The second-order valence-corrected chi connectivity index (χ2v) is 5.01. The van der Waals surface area contributed by atoms with E-state index in [-0.39, 0.29) is 29.5 Å². The number of fused-ring (bicyclic) bond motifs is 1. The molecule has 2 heteroatoms. The van der Waals surface area contributed by atoms with E-state index in [0.29, 0.717) is 0 Å². The molecule has 1 nitrogen and oxygen atoms in total. The lowest BCUT2D eigenvalue weighted by Gasteiger charge is -2.31. The van der Waals surface area contributed by atoms with Crippen molar-refractivity contribution in [2.75, 3.05) is 7.05 Å². The Bertz CT molecular complexity index is 446. The smallest absolute Gasteiger partial charge is 0.0603 e. The third-order valence-electron chi connectivity index (χ3n) is 3.77. The van der Waals surface area contributed by atoms with Gasteiger partial charge in [0, 0.05) is 18.3 Å². The van der Waals surface area contributed by atoms with E-state index >= 15 is 0 Å². The molecule has 1 aromatic rings. The van der Waals surface area contributed by atoms with E-state index in [1.165, 1.54) is 22.3 Å². The molecule has 0 atom stereocenters. The fourth-order valence-corrected chi connectivity index (χ4v) is 2.64. The van der Waals surface area contributed by atoms with Gasteiger partial charge in [-0.25, -0.2) is 0 Å². The van der Waals surface area contributed by atoms with Gasteiger partial charge in [-0.1, -0.05) is 18.7 Å². The average molecular weight is 329 g/mol. The molecule has 1 aromatic carbocycles. The Hall–Kier alpha value is -0.510. The van der Waals surface area contributed by atoms with Crippen LogP contribution in [0.25, 0.3) is 5.70 Å². The Morgan fingerprint density at radius 3 is 2.12 bits per heavy atom. The maximum Gasteiger partial charge on any atom is 0.0603 e. The third-order valence-corrected chi connectivity index (χ3v) is 3.77. The Morgan fingerprint density at radius 2 is 1.62 bits per heavy atom. The van der Waals surface area contributed by atoms with Gasteiger partial charge < -0.3 is 4.90 Å². The topological polar surface area (TPSA) is 3.24 Å². The van der Waals surface area contributed by atoms with Crippen LogP contribution in [0, 0.1) is 13.8 Å². The van der Waals surface area contributed by atoms with Gasteiger partial charge in [0.05, 0.1) is 5.54 Å². The van der Waals surface area contributed by atoms with Crippen LogP contribution in [0.1, 0.15) is 36.1 Å². The second-order valence-electron chi connectivity index (χ2n) is 5.01. The lowest BCUT2D eigenvalue weighted by molar-refractivity contribution is 0.263. The summed E-state index contributed by atoms with van der Waals surface area (Å²) >= 11 is 0. The van der Waals surface area contributed by atoms with Crippen LogP contribution < -0.4 is 0 Å². The molecule has 0 saturated heterocycles. The highest BCUT2D eigenvalue weighted by molar-refractivity contribution is 14.0. The minimum atomic E-state index is 0.